The number of carbonyl (C=O) groups is 2. The fraction of sp³-hybridized carbons (Fsp3) is 0.263. The normalized spacial score (nSPS) is 10.9. The lowest BCUT2D eigenvalue weighted by molar-refractivity contribution is -0.385. The number of non-ortho nitro benzene ring substituents is 1. The van der Waals surface area contributed by atoms with Gasteiger partial charge in [-0.3, -0.25) is 19.2 Å². The number of hydrogen-bond acceptors (Lipinski definition) is 8. The molecule has 0 saturated heterocycles. The molecule has 0 radical (unpaired) electrons. The topological polar surface area (TPSA) is 133 Å². The maximum absolute atomic E-state index is 13.5. The molecule has 11 heteroatoms. The van der Waals surface area contributed by atoms with Crippen LogP contribution in [0.15, 0.2) is 47.4 Å². The second-order valence-corrected chi connectivity index (χ2v) is 7.86. The Morgan fingerprint density at radius 2 is 1.83 bits per heavy atom. The lowest BCUT2D eigenvalue weighted by atomic mass is 10.2. The number of nitrogens with zero attached hydrogens (tertiary/aromatic N) is 2. The third-order valence-electron chi connectivity index (χ3n) is 4.11. The van der Waals surface area contributed by atoms with E-state index in [0.717, 1.165) is 13.2 Å². The van der Waals surface area contributed by atoms with Gasteiger partial charge in [-0.1, -0.05) is 18.2 Å². The van der Waals surface area contributed by atoms with Crippen LogP contribution in [-0.2, 0) is 24.3 Å². The Hall–Kier alpha value is -3.47. The number of para-hydroxylation sites is 1. The van der Waals surface area contributed by atoms with Crippen molar-refractivity contribution in [3.63, 3.8) is 0 Å². The van der Waals surface area contributed by atoms with Crippen LogP contribution in [0, 0.1) is 17.0 Å². The smallest absolute Gasteiger partial charge is 0.340 e. The van der Waals surface area contributed by atoms with Gasteiger partial charge in [-0.05, 0) is 31.5 Å². The van der Waals surface area contributed by atoms with Gasteiger partial charge in [0.05, 0.1) is 34.8 Å². The molecular weight excluding hydrogens is 416 g/mol. The Balaban J connectivity index is 2.73. The minimum atomic E-state index is -4.50. The van der Waals surface area contributed by atoms with Crippen LogP contribution in [0.4, 0.5) is 11.4 Å². The highest BCUT2D eigenvalue weighted by molar-refractivity contribution is 7.93. The zero-order valence-electron chi connectivity index (χ0n) is 16.5. The van der Waals surface area contributed by atoms with Crippen LogP contribution in [0.2, 0.25) is 0 Å². The van der Waals surface area contributed by atoms with Crippen LogP contribution < -0.4 is 4.31 Å². The summed E-state index contributed by atoms with van der Waals surface area (Å²) in [6, 6.07) is 9.03. The van der Waals surface area contributed by atoms with Crippen molar-refractivity contribution in [2.24, 2.45) is 0 Å². The number of rotatable bonds is 8. The first-order chi connectivity index (χ1) is 14.1. The van der Waals surface area contributed by atoms with E-state index in [1.807, 2.05) is 0 Å². The predicted octanol–water partition coefficient (Wildman–Crippen LogP) is 2.45. The van der Waals surface area contributed by atoms with Gasteiger partial charge in [0, 0.05) is 12.1 Å². The van der Waals surface area contributed by atoms with Gasteiger partial charge in [-0.25, -0.2) is 13.2 Å². The number of hydrogen-bond donors (Lipinski definition) is 0. The van der Waals surface area contributed by atoms with Crippen molar-refractivity contribution in [2.75, 3.05) is 24.6 Å². The molecule has 0 aliphatic heterocycles. The number of sulfonamides is 1. The second-order valence-electron chi connectivity index (χ2n) is 6.03. The molecule has 0 aromatic heterocycles. The van der Waals surface area contributed by atoms with Gasteiger partial charge in [0.1, 0.15) is 6.54 Å². The summed E-state index contributed by atoms with van der Waals surface area (Å²) in [5.74, 6) is -1.67. The van der Waals surface area contributed by atoms with E-state index in [0.29, 0.717) is 4.31 Å². The summed E-state index contributed by atoms with van der Waals surface area (Å²) in [6.45, 7) is 2.29. The van der Waals surface area contributed by atoms with E-state index in [9.17, 15) is 28.1 Å². The summed E-state index contributed by atoms with van der Waals surface area (Å²) >= 11 is 0. The predicted molar refractivity (Wildman–Crippen MR) is 107 cm³/mol. The number of nitro groups is 1. The van der Waals surface area contributed by atoms with Gasteiger partial charge in [-0.15, -0.1) is 0 Å². The van der Waals surface area contributed by atoms with Gasteiger partial charge in [0.25, 0.3) is 15.7 Å². The van der Waals surface area contributed by atoms with E-state index < -0.39 is 39.1 Å². The monoisotopic (exact) mass is 436 g/mol. The molecule has 0 N–H and O–H groups in total. The fourth-order valence-corrected chi connectivity index (χ4v) is 4.37. The summed E-state index contributed by atoms with van der Waals surface area (Å²) in [5.41, 5.74) is -0.430. The van der Waals surface area contributed by atoms with E-state index in [1.165, 1.54) is 43.3 Å². The lowest BCUT2D eigenvalue weighted by Gasteiger charge is -2.25. The highest BCUT2D eigenvalue weighted by Gasteiger charge is 2.33. The molecule has 0 spiro atoms. The number of methoxy groups -OCH3 is 1. The first kappa shape index (κ1) is 22.8. The summed E-state index contributed by atoms with van der Waals surface area (Å²) in [4.78, 5) is 34.4. The van der Waals surface area contributed by atoms with E-state index in [2.05, 4.69) is 0 Å². The zero-order valence-corrected chi connectivity index (χ0v) is 17.3. The van der Waals surface area contributed by atoms with Crippen molar-refractivity contribution < 1.29 is 32.4 Å². The second kappa shape index (κ2) is 9.35. The molecule has 2 rings (SSSR count). The number of anilines is 1. The molecule has 0 atom stereocenters. The third kappa shape index (κ3) is 4.74. The molecule has 0 aliphatic rings. The molecule has 0 saturated carbocycles. The molecule has 0 fully saturated rings. The van der Waals surface area contributed by atoms with Crippen LogP contribution in [0.3, 0.4) is 0 Å². The highest BCUT2D eigenvalue weighted by Crippen LogP contribution is 2.31. The van der Waals surface area contributed by atoms with Crippen molar-refractivity contribution in [1.82, 2.24) is 0 Å². The average Bonchev–Trinajstić information content (AvgIpc) is 2.71. The Bertz CT molecular complexity index is 1080. The van der Waals surface area contributed by atoms with Crippen LogP contribution in [0.5, 0.6) is 0 Å². The first-order valence-electron chi connectivity index (χ1n) is 8.74. The van der Waals surface area contributed by atoms with Crippen LogP contribution in [0.1, 0.15) is 22.8 Å². The zero-order chi connectivity index (χ0) is 22.5. The maximum Gasteiger partial charge on any atom is 0.340 e. The summed E-state index contributed by atoms with van der Waals surface area (Å²) < 4.78 is 37.2. The highest BCUT2D eigenvalue weighted by atomic mass is 32.2. The van der Waals surface area contributed by atoms with Crippen LogP contribution in [-0.4, -0.2) is 45.5 Å². The first-order valence-corrected chi connectivity index (χ1v) is 10.2. The molecule has 0 unspecified atom stereocenters. The molecule has 2 aromatic carbocycles. The quantitative estimate of drug-likeness (QED) is 0.350. The van der Waals surface area contributed by atoms with E-state index >= 15 is 0 Å². The number of esters is 2. The van der Waals surface area contributed by atoms with E-state index in [4.69, 9.17) is 9.47 Å². The van der Waals surface area contributed by atoms with Crippen LogP contribution in [0.25, 0.3) is 0 Å². The van der Waals surface area contributed by atoms with Crippen molar-refractivity contribution in [2.45, 2.75) is 18.7 Å². The van der Waals surface area contributed by atoms with Gasteiger partial charge in [0.15, 0.2) is 0 Å². The Morgan fingerprint density at radius 3 is 2.43 bits per heavy atom. The van der Waals surface area contributed by atoms with Crippen molar-refractivity contribution in [3.05, 3.63) is 63.7 Å². The van der Waals surface area contributed by atoms with E-state index in [-0.39, 0.29) is 28.3 Å². The lowest BCUT2D eigenvalue weighted by Crippen LogP contribution is -2.38. The Kier molecular flexibility index (Phi) is 7.11. The maximum atomic E-state index is 13.5. The van der Waals surface area contributed by atoms with Gasteiger partial charge >= 0.3 is 11.9 Å². The third-order valence-corrected chi connectivity index (χ3v) is 6.01. The summed E-state index contributed by atoms with van der Waals surface area (Å²) in [7, 11) is -3.37. The molecule has 0 amide bonds. The molecule has 30 heavy (non-hydrogen) atoms. The number of benzene rings is 2. The Labute approximate surface area is 173 Å². The Morgan fingerprint density at radius 1 is 1.17 bits per heavy atom. The average molecular weight is 436 g/mol. The van der Waals surface area contributed by atoms with Gasteiger partial charge < -0.3 is 9.47 Å². The standard InChI is InChI=1S/C19H20N2O8S/c1-4-29-18(22)12-20(16-8-6-5-7-15(16)19(23)28-3)30(26,27)17-11-14(21(24)25)10-9-13(17)2/h5-11H,4,12H2,1-3H3. The molecule has 0 heterocycles. The molecular formula is C19H20N2O8S. The van der Waals surface area contributed by atoms with Gasteiger partial charge in [-0.2, -0.15) is 0 Å². The van der Waals surface area contributed by atoms with Crippen molar-refractivity contribution >= 4 is 33.3 Å². The van der Waals surface area contributed by atoms with Crippen LogP contribution >= 0.6 is 0 Å². The number of nitro benzene ring substituents is 1. The minimum absolute atomic E-state index is 0.0151. The number of aryl methyl sites for hydroxylation is 1. The largest absolute Gasteiger partial charge is 0.465 e. The van der Waals surface area contributed by atoms with E-state index in [1.54, 1.807) is 6.92 Å². The van der Waals surface area contributed by atoms with Crippen molar-refractivity contribution in [1.29, 1.82) is 0 Å². The molecule has 0 bridgehead atoms. The van der Waals surface area contributed by atoms with Crippen molar-refractivity contribution in [3.8, 4) is 0 Å². The molecule has 160 valence electrons. The minimum Gasteiger partial charge on any atom is -0.465 e. The SMILES string of the molecule is CCOC(=O)CN(c1ccccc1C(=O)OC)S(=O)(=O)c1cc([N+](=O)[O-])ccc1C. The fourth-order valence-electron chi connectivity index (χ4n) is 2.70. The summed E-state index contributed by atoms with van der Waals surface area (Å²) in [5, 5.41) is 11.1. The summed E-state index contributed by atoms with van der Waals surface area (Å²) in [6.07, 6.45) is 0. The number of ether oxygens (including phenoxy) is 2. The molecule has 10 nitrogen and oxygen atoms in total. The van der Waals surface area contributed by atoms with Gasteiger partial charge in [0.2, 0.25) is 0 Å². The molecule has 0 aliphatic carbocycles. The number of carbonyl (C=O) groups excluding carboxylic acids is 2. The molecule has 2 aromatic rings.